The van der Waals surface area contributed by atoms with Crippen molar-refractivity contribution in [3.05, 3.63) is 28.5 Å². The third-order valence-electron chi connectivity index (χ3n) is 1.71. The summed E-state index contributed by atoms with van der Waals surface area (Å²) in [6.07, 6.45) is 0.859. The van der Waals surface area contributed by atoms with E-state index in [0.717, 1.165) is 17.5 Å². The zero-order chi connectivity index (χ0) is 9.14. The van der Waals surface area contributed by atoms with Crippen molar-refractivity contribution in [2.24, 2.45) is 0 Å². The van der Waals surface area contributed by atoms with E-state index in [-0.39, 0.29) is 5.92 Å². The van der Waals surface area contributed by atoms with Crippen molar-refractivity contribution in [3.63, 3.8) is 0 Å². The Balaban J connectivity index is 3.09. The summed E-state index contributed by atoms with van der Waals surface area (Å²) in [6, 6.07) is 3.69. The first-order chi connectivity index (χ1) is 5.65. The van der Waals surface area contributed by atoms with Crippen LogP contribution in [0.3, 0.4) is 0 Å². The quantitative estimate of drug-likeness (QED) is 0.521. The highest BCUT2D eigenvalue weighted by Gasteiger charge is 2.08. The predicted octanol–water partition coefficient (Wildman–Crippen LogP) is 2.35. The molecule has 0 spiro atoms. The summed E-state index contributed by atoms with van der Waals surface area (Å²) in [4.78, 5) is 14.5. The minimum Gasteiger partial charge on any atom is -0.303 e. The summed E-state index contributed by atoms with van der Waals surface area (Å²) >= 11 is 5.83. The molecule has 0 saturated heterocycles. The Hall–Kier alpha value is -0.890. The van der Waals surface area contributed by atoms with Gasteiger partial charge in [0.2, 0.25) is 0 Å². The molecular weight excluding hydrogens is 174 g/mol. The average Bonchev–Trinajstić information content (AvgIpc) is 2.03. The van der Waals surface area contributed by atoms with Crippen LogP contribution in [0.1, 0.15) is 24.1 Å². The lowest BCUT2D eigenvalue weighted by Gasteiger charge is -2.05. The van der Waals surface area contributed by atoms with Gasteiger partial charge < -0.3 is 4.79 Å². The van der Waals surface area contributed by atoms with Crippen LogP contribution in [0.2, 0.25) is 5.15 Å². The number of nitrogens with zero attached hydrogens (tertiary/aromatic N) is 1. The van der Waals surface area contributed by atoms with Crippen LogP contribution in [0.4, 0.5) is 0 Å². The average molecular weight is 184 g/mol. The fourth-order valence-electron chi connectivity index (χ4n) is 0.949. The number of carbonyl (C=O) groups is 1. The smallest absolute Gasteiger partial charge is 0.133 e. The second-order valence-electron chi connectivity index (χ2n) is 2.76. The third-order valence-corrected chi connectivity index (χ3v) is 2.01. The van der Waals surface area contributed by atoms with Gasteiger partial charge in [0.25, 0.3) is 0 Å². The van der Waals surface area contributed by atoms with Gasteiger partial charge in [-0.2, -0.15) is 0 Å². The Labute approximate surface area is 76.6 Å². The van der Waals surface area contributed by atoms with Crippen molar-refractivity contribution in [3.8, 4) is 0 Å². The monoisotopic (exact) mass is 183 g/mol. The molecule has 2 nitrogen and oxygen atoms in total. The van der Waals surface area contributed by atoms with Crippen molar-refractivity contribution < 1.29 is 4.79 Å². The number of pyridine rings is 1. The summed E-state index contributed by atoms with van der Waals surface area (Å²) < 4.78 is 0. The molecule has 3 heteroatoms. The molecule has 1 atom stereocenters. The second-order valence-corrected chi connectivity index (χ2v) is 3.12. The molecule has 0 N–H and O–H groups in total. The molecule has 1 aromatic rings. The second kappa shape index (κ2) is 3.68. The number of aldehydes is 1. The SMILES string of the molecule is Cc1ccc(C(C)C=O)c(Cl)n1. The topological polar surface area (TPSA) is 30.0 Å². The van der Waals surface area contributed by atoms with Crippen LogP contribution in [-0.2, 0) is 4.79 Å². The molecule has 1 rings (SSSR count). The van der Waals surface area contributed by atoms with Crippen molar-refractivity contribution in [1.82, 2.24) is 4.98 Å². The number of hydrogen-bond acceptors (Lipinski definition) is 2. The highest BCUT2D eigenvalue weighted by Crippen LogP contribution is 2.20. The molecule has 0 aromatic carbocycles. The number of rotatable bonds is 2. The van der Waals surface area contributed by atoms with E-state index in [1.165, 1.54) is 0 Å². The first-order valence-corrected chi connectivity index (χ1v) is 4.11. The van der Waals surface area contributed by atoms with Crippen LogP contribution >= 0.6 is 11.6 Å². The molecule has 0 aliphatic carbocycles. The van der Waals surface area contributed by atoms with E-state index >= 15 is 0 Å². The minimum atomic E-state index is -0.175. The third kappa shape index (κ3) is 1.83. The molecule has 0 saturated carbocycles. The van der Waals surface area contributed by atoms with Crippen LogP contribution in [0.5, 0.6) is 0 Å². The van der Waals surface area contributed by atoms with E-state index in [0.29, 0.717) is 5.15 Å². The van der Waals surface area contributed by atoms with E-state index < -0.39 is 0 Å². The Morgan fingerprint density at radius 3 is 2.75 bits per heavy atom. The lowest BCUT2D eigenvalue weighted by atomic mass is 10.1. The molecule has 64 valence electrons. The van der Waals surface area contributed by atoms with Crippen molar-refractivity contribution in [1.29, 1.82) is 0 Å². The van der Waals surface area contributed by atoms with Gasteiger partial charge in [0, 0.05) is 11.6 Å². The molecule has 1 unspecified atom stereocenters. The van der Waals surface area contributed by atoms with E-state index in [9.17, 15) is 4.79 Å². The van der Waals surface area contributed by atoms with Gasteiger partial charge >= 0.3 is 0 Å². The van der Waals surface area contributed by atoms with Crippen LogP contribution < -0.4 is 0 Å². The molecular formula is C9H10ClNO. The maximum Gasteiger partial charge on any atom is 0.133 e. The summed E-state index contributed by atoms with van der Waals surface area (Å²) in [6.45, 7) is 3.66. The summed E-state index contributed by atoms with van der Waals surface area (Å²) in [5.41, 5.74) is 1.65. The standard InChI is InChI=1S/C9H10ClNO/c1-6(5-12)8-4-3-7(2)11-9(8)10/h3-6H,1-2H3. The van der Waals surface area contributed by atoms with Crippen LogP contribution in [0.15, 0.2) is 12.1 Å². The number of aromatic nitrogens is 1. The van der Waals surface area contributed by atoms with Crippen LogP contribution in [-0.4, -0.2) is 11.3 Å². The fourth-order valence-corrected chi connectivity index (χ4v) is 1.32. The Morgan fingerprint density at radius 2 is 2.25 bits per heavy atom. The molecule has 0 aliphatic heterocycles. The minimum absolute atomic E-state index is 0.175. The number of hydrogen-bond donors (Lipinski definition) is 0. The summed E-state index contributed by atoms with van der Waals surface area (Å²) in [5.74, 6) is -0.175. The Morgan fingerprint density at radius 1 is 1.58 bits per heavy atom. The van der Waals surface area contributed by atoms with Gasteiger partial charge in [-0.25, -0.2) is 4.98 Å². The van der Waals surface area contributed by atoms with Gasteiger partial charge in [0.05, 0.1) is 0 Å². The number of carbonyl (C=O) groups excluding carboxylic acids is 1. The van der Waals surface area contributed by atoms with Gasteiger partial charge in [-0.15, -0.1) is 0 Å². The fraction of sp³-hybridized carbons (Fsp3) is 0.333. The first-order valence-electron chi connectivity index (χ1n) is 3.73. The lowest BCUT2D eigenvalue weighted by Crippen LogP contribution is -1.97. The largest absolute Gasteiger partial charge is 0.303 e. The lowest BCUT2D eigenvalue weighted by molar-refractivity contribution is -0.108. The Kier molecular flexibility index (Phi) is 2.82. The number of halogens is 1. The molecule has 0 aliphatic rings. The van der Waals surface area contributed by atoms with Crippen LogP contribution in [0.25, 0.3) is 0 Å². The zero-order valence-electron chi connectivity index (χ0n) is 7.04. The van der Waals surface area contributed by atoms with Crippen molar-refractivity contribution in [2.75, 3.05) is 0 Å². The molecule has 0 bridgehead atoms. The van der Waals surface area contributed by atoms with Gasteiger partial charge in [0.15, 0.2) is 0 Å². The molecule has 0 radical (unpaired) electrons. The maximum atomic E-state index is 10.5. The Bertz CT molecular complexity index is 299. The van der Waals surface area contributed by atoms with E-state index in [1.807, 2.05) is 19.1 Å². The highest BCUT2D eigenvalue weighted by atomic mass is 35.5. The van der Waals surface area contributed by atoms with E-state index in [1.54, 1.807) is 6.92 Å². The molecule has 0 amide bonds. The highest BCUT2D eigenvalue weighted by molar-refractivity contribution is 6.30. The van der Waals surface area contributed by atoms with Gasteiger partial charge in [-0.3, -0.25) is 0 Å². The molecule has 12 heavy (non-hydrogen) atoms. The zero-order valence-corrected chi connectivity index (χ0v) is 7.80. The van der Waals surface area contributed by atoms with E-state index in [2.05, 4.69) is 4.98 Å². The maximum absolute atomic E-state index is 10.5. The van der Waals surface area contributed by atoms with E-state index in [4.69, 9.17) is 11.6 Å². The molecule has 1 heterocycles. The van der Waals surface area contributed by atoms with Gasteiger partial charge in [-0.05, 0) is 18.6 Å². The first kappa shape index (κ1) is 9.20. The summed E-state index contributed by atoms with van der Waals surface area (Å²) in [5, 5.41) is 0.426. The normalized spacial score (nSPS) is 12.6. The van der Waals surface area contributed by atoms with Crippen LogP contribution in [0, 0.1) is 6.92 Å². The molecule has 0 fully saturated rings. The summed E-state index contributed by atoms with van der Waals surface area (Å²) in [7, 11) is 0. The van der Waals surface area contributed by atoms with Crippen molar-refractivity contribution in [2.45, 2.75) is 19.8 Å². The van der Waals surface area contributed by atoms with Gasteiger partial charge in [0.1, 0.15) is 11.4 Å². The van der Waals surface area contributed by atoms with Crippen molar-refractivity contribution >= 4 is 17.9 Å². The number of aryl methyl sites for hydroxylation is 1. The van der Waals surface area contributed by atoms with Gasteiger partial charge in [-0.1, -0.05) is 24.6 Å². The predicted molar refractivity (Wildman–Crippen MR) is 48.5 cm³/mol. The molecule has 1 aromatic heterocycles.